The molecule has 2 rings (SSSR count). The summed E-state index contributed by atoms with van der Waals surface area (Å²) in [4.78, 5) is 25.3. The van der Waals surface area contributed by atoms with Crippen LogP contribution in [-0.4, -0.2) is 22.0 Å². The first-order valence-electron chi connectivity index (χ1n) is 5.33. The van der Waals surface area contributed by atoms with Gasteiger partial charge in [0.15, 0.2) is 0 Å². The van der Waals surface area contributed by atoms with Crippen molar-refractivity contribution in [3.8, 4) is 0 Å². The highest BCUT2D eigenvalue weighted by molar-refractivity contribution is 6.22. The zero-order valence-corrected chi connectivity index (χ0v) is 9.65. The molecule has 0 spiro atoms. The van der Waals surface area contributed by atoms with E-state index in [0.29, 0.717) is 5.69 Å². The van der Waals surface area contributed by atoms with Crippen molar-refractivity contribution in [2.45, 2.75) is 27.2 Å². The summed E-state index contributed by atoms with van der Waals surface area (Å²) in [7, 11) is 0. The average Bonchev–Trinajstić information content (AvgIpc) is 2.76. The van der Waals surface area contributed by atoms with Crippen LogP contribution in [0.1, 0.15) is 27.2 Å². The summed E-state index contributed by atoms with van der Waals surface area (Å²) in [5, 5.41) is 6.37. The monoisotopic (exact) mass is 221 g/mol. The normalized spacial score (nSPS) is 25.9. The third-order valence-electron chi connectivity index (χ3n) is 3.48. The number of nitrogens with zero attached hydrogens (tertiary/aromatic N) is 2. The lowest BCUT2D eigenvalue weighted by atomic mass is 9.78. The van der Waals surface area contributed by atoms with Gasteiger partial charge in [-0.1, -0.05) is 13.8 Å². The molecule has 0 radical (unpaired) electrons. The van der Waals surface area contributed by atoms with Gasteiger partial charge in [-0.05, 0) is 12.8 Å². The molecule has 1 aromatic heterocycles. The molecule has 5 heteroatoms. The smallest absolute Gasteiger partial charge is 0.240 e. The van der Waals surface area contributed by atoms with Gasteiger partial charge in [0.05, 0.1) is 17.3 Å². The Morgan fingerprint density at radius 3 is 2.62 bits per heavy atom. The van der Waals surface area contributed by atoms with Crippen LogP contribution < -0.4 is 4.90 Å². The quantitative estimate of drug-likeness (QED) is 0.766. The number of hydrogen-bond acceptors (Lipinski definition) is 3. The van der Waals surface area contributed by atoms with Gasteiger partial charge in [-0.3, -0.25) is 14.7 Å². The van der Waals surface area contributed by atoms with E-state index in [-0.39, 0.29) is 24.2 Å². The maximum atomic E-state index is 12.2. The van der Waals surface area contributed by atoms with Gasteiger partial charge in [-0.25, -0.2) is 4.90 Å². The molecule has 0 bridgehead atoms. The molecule has 2 heterocycles. The number of carbonyl (C=O) groups is 2. The summed E-state index contributed by atoms with van der Waals surface area (Å²) in [5.74, 6) is -0.141. The highest BCUT2D eigenvalue weighted by atomic mass is 16.2. The Morgan fingerprint density at radius 2 is 2.19 bits per heavy atom. The lowest BCUT2D eigenvalue weighted by Crippen LogP contribution is -2.36. The number of amides is 2. The Kier molecular flexibility index (Phi) is 2.33. The van der Waals surface area contributed by atoms with Crippen LogP contribution in [0.25, 0.3) is 0 Å². The lowest BCUT2D eigenvalue weighted by molar-refractivity contribution is -0.126. The topological polar surface area (TPSA) is 66.1 Å². The molecule has 0 saturated carbocycles. The van der Waals surface area contributed by atoms with Gasteiger partial charge in [0.2, 0.25) is 11.8 Å². The van der Waals surface area contributed by atoms with Crippen LogP contribution in [0.15, 0.2) is 12.4 Å². The second kappa shape index (κ2) is 3.43. The zero-order valence-electron chi connectivity index (χ0n) is 9.65. The summed E-state index contributed by atoms with van der Waals surface area (Å²) in [6.45, 7) is 5.77. The van der Waals surface area contributed by atoms with Crippen LogP contribution in [-0.2, 0) is 9.59 Å². The number of imide groups is 1. The minimum atomic E-state index is -0.589. The first-order chi connectivity index (χ1) is 7.47. The number of aromatic amines is 1. The predicted molar refractivity (Wildman–Crippen MR) is 58.6 cm³/mol. The van der Waals surface area contributed by atoms with Crippen LogP contribution >= 0.6 is 0 Å². The van der Waals surface area contributed by atoms with E-state index in [1.54, 1.807) is 6.20 Å². The van der Waals surface area contributed by atoms with Crippen molar-refractivity contribution in [3.05, 3.63) is 12.4 Å². The second-order valence-corrected chi connectivity index (χ2v) is 4.74. The Balaban J connectivity index is 2.38. The summed E-state index contributed by atoms with van der Waals surface area (Å²) in [6, 6.07) is 0. The van der Waals surface area contributed by atoms with Gasteiger partial charge in [-0.2, -0.15) is 5.10 Å². The van der Waals surface area contributed by atoms with Crippen LogP contribution in [0.3, 0.4) is 0 Å². The number of carbonyl (C=O) groups excluding carboxylic acids is 2. The standard InChI is InChI=1S/C11H15N3O2/c1-7(2)11(3)4-9(15)14(10(11)16)8-5-12-13-6-8/h5-7H,4H2,1-3H3,(H,12,13). The molecule has 2 amide bonds. The molecule has 86 valence electrons. The molecular weight excluding hydrogens is 206 g/mol. The van der Waals surface area contributed by atoms with Crippen LogP contribution in [0.5, 0.6) is 0 Å². The Hall–Kier alpha value is -1.65. The number of H-pyrrole nitrogens is 1. The molecular formula is C11H15N3O2. The van der Waals surface area contributed by atoms with E-state index in [2.05, 4.69) is 10.2 Å². The van der Waals surface area contributed by atoms with Crippen LogP contribution in [0.2, 0.25) is 0 Å². The van der Waals surface area contributed by atoms with Gasteiger partial charge in [0.25, 0.3) is 0 Å². The lowest BCUT2D eigenvalue weighted by Gasteiger charge is -2.25. The zero-order chi connectivity index (χ0) is 11.9. The van der Waals surface area contributed by atoms with E-state index in [0.717, 1.165) is 0 Å². The van der Waals surface area contributed by atoms with Crippen molar-refractivity contribution >= 4 is 17.5 Å². The van der Waals surface area contributed by atoms with Crippen molar-refractivity contribution in [3.63, 3.8) is 0 Å². The molecule has 16 heavy (non-hydrogen) atoms. The second-order valence-electron chi connectivity index (χ2n) is 4.74. The summed E-state index contributed by atoms with van der Waals surface area (Å²) in [5.41, 5.74) is -0.0617. The maximum absolute atomic E-state index is 12.2. The Morgan fingerprint density at radius 1 is 1.50 bits per heavy atom. The first-order valence-corrected chi connectivity index (χ1v) is 5.33. The van der Waals surface area contributed by atoms with Gasteiger partial charge < -0.3 is 0 Å². The molecule has 0 aliphatic carbocycles. The number of rotatable bonds is 2. The fourth-order valence-electron chi connectivity index (χ4n) is 1.92. The summed E-state index contributed by atoms with van der Waals surface area (Å²) >= 11 is 0. The number of hydrogen-bond donors (Lipinski definition) is 1. The third kappa shape index (κ3) is 1.35. The van der Waals surface area contributed by atoms with Crippen molar-refractivity contribution in [1.29, 1.82) is 0 Å². The van der Waals surface area contributed by atoms with Crippen LogP contribution in [0, 0.1) is 11.3 Å². The average molecular weight is 221 g/mol. The predicted octanol–water partition coefficient (Wildman–Crippen LogP) is 1.34. The van der Waals surface area contributed by atoms with E-state index in [4.69, 9.17) is 0 Å². The van der Waals surface area contributed by atoms with E-state index in [1.165, 1.54) is 11.1 Å². The molecule has 1 aliphatic rings. The molecule has 1 atom stereocenters. The van der Waals surface area contributed by atoms with Crippen molar-refractivity contribution < 1.29 is 9.59 Å². The molecule has 1 aliphatic heterocycles. The van der Waals surface area contributed by atoms with E-state index in [9.17, 15) is 9.59 Å². The molecule has 5 nitrogen and oxygen atoms in total. The Bertz CT molecular complexity index is 424. The highest BCUT2D eigenvalue weighted by Gasteiger charge is 2.50. The maximum Gasteiger partial charge on any atom is 0.240 e. The van der Waals surface area contributed by atoms with Crippen molar-refractivity contribution in [2.75, 3.05) is 4.90 Å². The molecule has 1 N–H and O–H groups in total. The Labute approximate surface area is 93.8 Å². The minimum absolute atomic E-state index is 0.131. The van der Waals surface area contributed by atoms with Gasteiger partial charge in [0, 0.05) is 12.6 Å². The van der Waals surface area contributed by atoms with E-state index in [1.807, 2.05) is 20.8 Å². The minimum Gasteiger partial charge on any atom is -0.284 e. The highest BCUT2D eigenvalue weighted by Crippen LogP contribution is 2.40. The molecule has 1 fully saturated rings. The van der Waals surface area contributed by atoms with Gasteiger partial charge in [0.1, 0.15) is 0 Å². The summed E-state index contributed by atoms with van der Waals surface area (Å²) in [6.07, 6.45) is 3.32. The largest absolute Gasteiger partial charge is 0.284 e. The fraction of sp³-hybridized carbons (Fsp3) is 0.545. The van der Waals surface area contributed by atoms with E-state index >= 15 is 0 Å². The van der Waals surface area contributed by atoms with Crippen molar-refractivity contribution in [2.24, 2.45) is 11.3 Å². The third-order valence-corrected chi connectivity index (χ3v) is 3.48. The fourth-order valence-corrected chi connectivity index (χ4v) is 1.92. The number of nitrogens with one attached hydrogen (secondary N) is 1. The summed E-state index contributed by atoms with van der Waals surface area (Å²) < 4.78 is 0. The van der Waals surface area contributed by atoms with Crippen molar-refractivity contribution in [1.82, 2.24) is 10.2 Å². The van der Waals surface area contributed by atoms with E-state index < -0.39 is 5.41 Å². The SMILES string of the molecule is CC(C)C1(C)CC(=O)N(c2cn[nH]c2)C1=O. The molecule has 1 saturated heterocycles. The molecule has 0 aromatic carbocycles. The van der Waals surface area contributed by atoms with Gasteiger partial charge in [-0.15, -0.1) is 0 Å². The molecule has 1 aromatic rings. The molecule has 1 unspecified atom stereocenters. The first kappa shape index (κ1) is 10.9. The number of anilines is 1. The number of aromatic nitrogens is 2. The van der Waals surface area contributed by atoms with Gasteiger partial charge >= 0.3 is 0 Å². The van der Waals surface area contributed by atoms with Crippen LogP contribution in [0.4, 0.5) is 5.69 Å².